The highest BCUT2D eigenvalue weighted by Gasteiger charge is 2.12. The molecule has 0 aromatic heterocycles. The van der Waals surface area contributed by atoms with Gasteiger partial charge in [0.1, 0.15) is 11.6 Å². The summed E-state index contributed by atoms with van der Waals surface area (Å²) < 4.78 is 31.9. The van der Waals surface area contributed by atoms with Crippen LogP contribution in [0, 0.1) is 11.6 Å². The SMILES string of the molecule is Fc1ccc(F)c(Oc2c(Cl)cccc2CBr)c1. The quantitative estimate of drug-likeness (QED) is 0.692. The summed E-state index contributed by atoms with van der Waals surface area (Å²) in [7, 11) is 0. The smallest absolute Gasteiger partial charge is 0.166 e. The molecule has 0 saturated heterocycles. The number of hydrogen-bond acceptors (Lipinski definition) is 1. The Bertz CT molecular complexity index is 575. The zero-order chi connectivity index (χ0) is 13.1. The van der Waals surface area contributed by atoms with Crippen molar-refractivity contribution in [2.45, 2.75) is 5.33 Å². The Morgan fingerprint density at radius 3 is 2.67 bits per heavy atom. The summed E-state index contributed by atoms with van der Waals surface area (Å²) in [5.41, 5.74) is 0.756. The molecule has 1 nitrogen and oxygen atoms in total. The summed E-state index contributed by atoms with van der Waals surface area (Å²) in [5.74, 6) is -1.08. The first-order valence-corrected chi connectivity index (χ1v) is 6.58. The maximum Gasteiger partial charge on any atom is 0.166 e. The molecule has 0 N–H and O–H groups in total. The van der Waals surface area contributed by atoms with Crippen LogP contribution in [0.3, 0.4) is 0 Å². The van der Waals surface area contributed by atoms with Crippen LogP contribution in [0.15, 0.2) is 36.4 Å². The molecule has 94 valence electrons. The van der Waals surface area contributed by atoms with E-state index in [-0.39, 0.29) is 5.75 Å². The third-order valence-corrected chi connectivity index (χ3v) is 3.20. The fraction of sp³-hybridized carbons (Fsp3) is 0.0769. The lowest BCUT2D eigenvalue weighted by molar-refractivity contribution is 0.434. The minimum Gasteiger partial charge on any atom is -0.452 e. The highest BCUT2D eigenvalue weighted by atomic mass is 79.9. The second-order valence-corrected chi connectivity index (χ2v) is 4.51. The molecule has 2 aromatic carbocycles. The first-order chi connectivity index (χ1) is 8.61. The first kappa shape index (κ1) is 13.3. The van der Waals surface area contributed by atoms with Gasteiger partial charge in [0.2, 0.25) is 0 Å². The Hall–Kier alpha value is -1.13. The number of hydrogen-bond donors (Lipinski definition) is 0. The summed E-state index contributed by atoms with van der Waals surface area (Å²) in [6.07, 6.45) is 0. The van der Waals surface area contributed by atoms with E-state index in [1.807, 2.05) is 0 Å². The second kappa shape index (κ2) is 5.67. The van der Waals surface area contributed by atoms with Crippen molar-refractivity contribution in [2.75, 3.05) is 0 Å². The lowest BCUT2D eigenvalue weighted by atomic mass is 10.2. The van der Waals surface area contributed by atoms with Crippen molar-refractivity contribution in [1.29, 1.82) is 0 Å². The highest BCUT2D eigenvalue weighted by molar-refractivity contribution is 9.08. The van der Waals surface area contributed by atoms with Gasteiger partial charge < -0.3 is 4.74 Å². The highest BCUT2D eigenvalue weighted by Crippen LogP contribution is 2.35. The summed E-state index contributed by atoms with van der Waals surface area (Å²) in [6.45, 7) is 0. The Morgan fingerprint density at radius 2 is 1.94 bits per heavy atom. The van der Waals surface area contributed by atoms with E-state index >= 15 is 0 Å². The molecule has 0 amide bonds. The van der Waals surface area contributed by atoms with Gasteiger partial charge in [0, 0.05) is 17.0 Å². The van der Waals surface area contributed by atoms with Crippen LogP contribution in [-0.4, -0.2) is 0 Å². The van der Waals surface area contributed by atoms with Crippen LogP contribution in [0.5, 0.6) is 11.5 Å². The van der Waals surface area contributed by atoms with E-state index in [0.29, 0.717) is 16.1 Å². The van der Waals surface area contributed by atoms with E-state index in [1.54, 1.807) is 18.2 Å². The van der Waals surface area contributed by atoms with Crippen molar-refractivity contribution in [3.05, 3.63) is 58.6 Å². The molecule has 0 aliphatic carbocycles. The lowest BCUT2D eigenvalue weighted by Gasteiger charge is -2.12. The van der Waals surface area contributed by atoms with Gasteiger partial charge in [0.05, 0.1) is 5.02 Å². The number of halogens is 4. The van der Waals surface area contributed by atoms with Crippen molar-refractivity contribution in [1.82, 2.24) is 0 Å². The van der Waals surface area contributed by atoms with Gasteiger partial charge in [-0.25, -0.2) is 8.78 Å². The minimum atomic E-state index is -0.642. The largest absolute Gasteiger partial charge is 0.452 e. The van der Waals surface area contributed by atoms with E-state index in [4.69, 9.17) is 16.3 Å². The van der Waals surface area contributed by atoms with Gasteiger partial charge in [0.15, 0.2) is 11.6 Å². The van der Waals surface area contributed by atoms with E-state index in [1.165, 1.54) is 0 Å². The topological polar surface area (TPSA) is 9.23 Å². The standard InChI is InChI=1S/C13H8BrClF2O/c14-7-8-2-1-3-10(15)13(8)18-12-6-9(16)4-5-11(12)17/h1-6H,7H2. The zero-order valence-electron chi connectivity index (χ0n) is 9.09. The fourth-order valence-electron chi connectivity index (χ4n) is 1.44. The molecule has 0 aliphatic rings. The average Bonchev–Trinajstić information content (AvgIpc) is 2.36. The molecule has 18 heavy (non-hydrogen) atoms. The molecular weight excluding hydrogens is 325 g/mol. The van der Waals surface area contributed by atoms with Crippen LogP contribution in [0.25, 0.3) is 0 Å². The van der Waals surface area contributed by atoms with Gasteiger partial charge in [-0.1, -0.05) is 39.7 Å². The molecule has 2 aromatic rings. The van der Waals surface area contributed by atoms with E-state index in [0.717, 1.165) is 23.8 Å². The number of benzene rings is 2. The molecular formula is C13H8BrClF2O. The van der Waals surface area contributed by atoms with Gasteiger partial charge >= 0.3 is 0 Å². The monoisotopic (exact) mass is 332 g/mol. The normalized spacial score (nSPS) is 10.4. The summed E-state index contributed by atoms with van der Waals surface area (Å²) in [4.78, 5) is 0. The average molecular weight is 334 g/mol. The summed E-state index contributed by atoms with van der Waals surface area (Å²) >= 11 is 9.27. The fourth-order valence-corrected chi connectivity index (χ4v) is 2.11. The molecule has 0 atom stereocenters. The number of para-hydroxylation sites is 1. The number of ether oxygens (including phenoxy) is 1. The van der Waals surface area contributed by atoms with Crippen LogP contribution >= 0.6 is 27.5 Å². The third kappa shape index (κ3) is 2.82. The second-order valence-electron chi connectivity index (χ2n) is 3.54. The summed E-state index contributed by atoms with van der Waals surface area (Å²) in [6, 6.07) is 8.19. The van der Waals surface area contributed by atoms with Crippen LogP contribution < -0.4 is 4.74 Å². The van der Waals surface area contributed by atoms with Crippen molar-refractivity contribution in [3.63, 3.8) is 0 Å². The van der Waals surface area contributed by atoms with E-state index in [9.17, 15) is 8.78 Å². The summed E-state index contributed by atoms with van der Waals surface area (Å²) in [5, 5.41) is 0.843. The van der Waals surface area contributed by atoms with Crippen molar-refractivity contribution < 1.29 is 13.5 Å². The van der Waals surface area contributed by atoms with E-state index in [2.05, 4.69) is 15.9 Å². The first-order valence-electron chi connectivity index (χ1n) is 5.08. The molecule has 0 saturated carbocycles. The van der Waals surface area contributed by atoms with Crippen LogP contribution in [0.4, 0.5) is 8.78 Å². The molecule has 0 unspecified atom stereocenters. The van der Waals surface area contributed by atoms with Gasteiger partial charge in [0.25, 0.3) is 0 Å². The van der Waals surface area contributed by atoms with E-state index < -0.39 is 11.6 Å². The Morgan fingerprint density at radius 1 is 1.17 bits per heavy atom. The Labute approximate surface area is 116 Å². The molecule has 0 aliphatic heterocycles. The van der Waals surface area contributed by atoms with Crippen molar-refractivity contribution in [2.24, 2.45) is 0 Å². The third-order valence-electron chi connectivity index (χ3n) is 2.30. The van der Waals surface area contributed by atoms with Gasteiger partial charge in [-0.15, -0.1) is 0 Å². The molecule has 0 radical (unpaired) electrons. The van der Waals surface area contributed by atoms with Gasteiger partial charge in [-0.2, -0.15) is 0 Å². The molecule has 0 fully saturated rings. The predicted octanol–water partition coefficient (Wildman–Crippen LogP) is 5.31. The molecule has 0 heterocycles. The van der Waals surface area contributed by atoms with Crippen LogP contribution in [0.2, 0.25) is 5.02 Å². The zero-order valence-corrected chi connectivity index (χ0v) is 11.4. The molecule has 0 bridgehead atoms. The number of rotatable bonds is 3. The number of alkyl halides is 1. The molecule has 2 rings (SSSR count). The predicted molar refractivity (Wildman–Crippen MR) is 70.5 cm³/mol. The van der Waals surface area contributed by atoms with Crippen molar-refractivity contribution in [3.8, 4) is 11.5 Å². The van der Waals surface area contributed by atoms with Crippen LogP contribution in [-0.2, 0) is 5.33 Å². The Kier molecular flexibility index (Phi) is 4.19. The molecule has 0 spiro atoms. The maximum atomic E-state index is 13.5. The lowest BCUT2D eigenvalue weighted by Crippen LogP contribution is -1.93. The van der Waals surface area contributed by atoms with Gasteiger partial charge in [-0.3, -0.25) is 0 Å². The van der Waals surface area contributed by atoms with Gasteiger partial charge in [-0.05, 0) is 18.2 Å². The minimum absolute atomic E-state index is 0.190. The van der Waals surface area contributed by atoms with Crippen molar-refractivity contribution >= 4 is 27.5 Å². The maximum absolute atomic E-state index is 13.5. The Balaban J connectivity index is 2.42. The van der Waals surface area contributed by atoms with Crippen LogP contribution in [0.1, 0.15) is 5.56 Å². The molecule has 5 heteroatoms.